The van der Waals surface area contributed by atoms with Gasteiger partial charge in [-0.25, -0.2) is 9.78 Å². The number of carbonyl (C=O) groups is 1. The fourth-order valence-electron chi connectivity index (χ4n) is 1.27. The maximum absolute atomic E-state index is 10.8. The number of rotatable bonds is 1. The largest absolute Gasteiger partial charge is 0.475 e. The van der Waals surface area contributed by atoms with Crippen LogP contribution in [0.4, 0.5) is 0 Å². The van der Waals surface area contributed by atoms with Gasteiger partial charge in [-0.1, -0.05) is 6.07 Å². The Morgan fingerprint density at radius 1 is 1.57 bits per heavy atom. The summed E-state index contributed by atoms with van der Waals surface area (Å²) in [6.45, 7) is 0. The number of aromatic carboxylic acids is 1. The molecule has 2 aromatic heterocycles. The molecule has 0 unspecified atom stereocenters. The van der Waals surface area contributed by atoms with Gasteiger partial charge >= 0.3 is 5.97 Å². The van der Waals surface area contributed by atoms with Crippen molar-refractivity contribution < 1.29 is 9.90 Å². The SMILES string of the molecule is N#Cc1nc(C(=O)O)n2ccccc12. The lowest BCUT2D eigenvalue weighted by molar-refractivity contribution is 0.0683. The summed E-state index contributed by atoms with van der Waals surface area (Å²) in [6, 6.07) is 6.91. The molecule has 2 heterocycles. The molecule has 0 spiro atoms. The molecule has 0 amide bonds. The molecule has 0 saturated carbocycles. The Bertz CT molecular complexity index is 551. The van der Waals surface area contributed by atoms with E-state index in [4.69, 9.17) is 10.4 Å². The lowest BCUT2D eigenvalue weighted by atomic mass is 10.3. The van der Waals surface area contributed by atoms with Gasteiger partial charge in [0.25, 0.3) is 0 Å². The minimum absolute atomic E-state index is 0.128. The van der Waals surface area contributed by atoms with Crippen molar-refractivity contribution in [1.29, 1.82) is 5.26 Å². The number of carboxylic acids is 1. The molecule has 68 valence electrons. The summed E-state index contributed by atoms with van der Waals surface area (Å²) < 4.78 is 1.38. The van der Waals surface area contributed by atoms with Crippen LogP contribution >= 0.6 is 0 Å². The number of nitriles is 1. The van der Waals surface area contributed by atoms with E-state index >= 15 is 0 Å². The van der Waals surface area contributed by atoms with Crippen molar-refractivity contribution in [3.05, 3.63) is 35.9 Å². The average molecular weight is 187 g/mol. The zero-order valence-corrected chi connectivity index (χ0v) is 7.01. The summed E-state index contributed by atoms with van der Waals surface area (Å²) in [5, 5.41) is 17.5. The molecule has 0 radical (unpaired) electrons. The second-order valence-corrected chi connectivity index (χ2v) is 2.66. The Hall–Kier alpha value is -2.35. The lowest BCUT2D eigenvalue weighted by Crippen LogP contribution is -2.02. The lowest BCUT2D eigenvalue weighted by Gasteiger charge is -1.93. The number of pyridine rings is 1. The van der Waals surface area contributed by atoms with Crippen LogP contribution in [0, 0.1) is 11.3 Å². The number of nitrogens with zero attached hydrogens (tertiary/aromatic N) is 3. The molecule has 0 bridgehead atoms. The molecule has 0 aliphatic carbocycles. The van der Waals surface area contributed by atoms with Crippen LogP contribution in [0.1, 0.15) is 16.3 Å². The maximum Gasteiger partial charge on any atom is 0.372 e. The van der Waals surface area contributed by atoms with Crippen molar-refractivity contribution in [2.24, 2.45) is 0 Å². The van der Waals surface area contributed by atoms with Crippen LogP contribution in [0.15, 0.2) is 24.4 Å². The van der Waals surface area contributed by atoms with Gasteiger partial charge in [0.05, 0.1) is 5.52 Å². The van der Waals surface area contributed by atoms with Crippen molar-refractivity contribution >= 4 is 11.5 Å². The second kappa shape index (κ2) is 2.85. The van der Waals surface area contributed by atoms with Crippen LogP contribution < -0.4 is 0 Å². The maximum atomic E-state index is 10.8. The summed E-state index contributed by atoms with van der Waals surface area (Å²) in [5.41, 5.74) is 0.635. The molecule has 14 heavy (non-hydrogen) atoms. The van der Waals surface area contributed by atoms with E-state index in [-0.39, 0.29) is 11.5 Å². The van der Waals surface area contributed by atoms with Crippen molar-refractivity contribution in [3.8, 4) is 6.07 Å². The predicted octanol–water partition coefficient (Wildman–Crippen LogP) is 0.904. The van der Waals surface area contributed by atoms with Gasteiger partial charge in [0.15, 0.2) is 5.69 Å². The van der Waals surface area contributed by atoms with Crippen molar-refractivity contribution in [3.63, 3.8) is 0 Å². The Morgan fingerprint density at radius 3 is 3.00 bits per heavy atom. The van der Waals surface area contributed by atoms with Gasteiger partial charge < -0.3 is 5.11 Å². The van der Waals surface area contributed by atoms with E-state index in [1.807, 2.05) is 6.07 Å². The minimum Gasteiger partial charge on any atom is -0.475 e. The number of aromatic nitrogens is 2. The van der Waals surface area contributed by atoms with Crippen molar-refractivity contribution in [1.82, 2.24) is 9.38 Å². The van der Waals surface area contributed by atoms with E-state index in [2.05, 4.69) is 4.98 Å². The molecule has 0 saturated heterocycles. The molecule has 2 aromatic rings. The number of carboxylic acid groups (broad SMARTS) is 1. The minimum atomic E-state index is -1.15. The van der Waals surface area contributed by atoms with Gasteiger partial charge in [0.1, 0.15) is 6.07 Å². The highest BCUT2D eigenvalue weighted by molar-refractivity contribution is 5.86. The molecular formula is C9H5N3O2. The van der Waals surface area contributed by atoms with Crippen LogP contribution in [0.3, 0.4) is 0 Å². The van der Waals surface area contributed by atoms with E-state index < -0.39 is 5.97 Å². The summed E-state index contributed by atoms with van der Waals surface area (Å²) in [4.78, 5) is 14.5. The normalized spacial score (nSPS) is 9.93. The summed E-state index contributed by atoms with van der Waals surface area (Å²) in [6.07, 6.45) is 1.56. The molecule has 5 nitrogen and oxygen atoms in total. The third kappa shape index (κ3) is 1.02. The highest BCUT2D eigenvalue weighted by atomic mass is 16.4. The Labute approximate surface area is 78.8 Å². The van der Waals surface area contributed by atoms with Crippen LogP contribution in [0.25, 0.3) is 5.52 Å². The second-order valence-electron chi connectivity index (χ2n) is 2.66. The molecule has 1 N–H and O–H groups in total. The molecule has 0 fully saturated rings. The molecule has 0 aliphatic rings. The van der Waals surface area contributed by atoms with Gasteiger partial charge in [-0.05, 0) is 12.1 Å². The summed E-state index contributed by atoms with van der Waals surface area (Å²) >= 11 is 0. The smallest absolute Gasteiger partial charge is 0.372 e. The number of imidazole rings is 1. The van der Waals surface area contributed by atoms with E-state index in [0.29, 0.717) is 5.52 Å². The molecule has 5 heteroatoms. The third-order valence-electron chi connectivity index (χ3n) is 1.85. The Balaban J connectivity index is 2.88. The molecule has 0 atom stereocenters. The first kappa shape index (κ1) is 8.26. The first-order valence-electron chi connectivity index (χ1n) is 3.84. The average Bonchev–Trinajstić information content (AvgIpc) is 2.56. The summed E-state index contributed by atoms with van der Waals surface area (Å²) in [7, 11) is 0. The van der Waals surface area contributed by atoms with Crippen LogP contribution in [-0.2, 0) is 0 Å². The van der Waals surface area contributed by atoms with Crippen molar-refractivity contribution in [2.45, 2.75) is 0 Å². The fraction of sp³-hybridized carbons (Fsp3) is 0. The standard InChI is InChI=1S/C9H5N3O2/c10-5-6-7-3-1-2-4-12(7)8(11-6)9(13)14/h1-4H,(H,13,14). The predicted molar refractivity (Wildman–Crippen MR) is 46.9 cm³/mol. The highest BCUT2D eigenvalue weighted by Crippen LogP contribution is 2.11. The van der Waals surface area contributed by atoms with Gasteiger partial charge in [0, 0.05) is 6.20 Å². The van der Waals surface area contributed by atoms with E-state index in [9.17, 15) is 4.79 Å². The zero-order chi connectivity index (χ0) is 10.1. The zero-order valence-electron chi connectivity index (χ0n) is 7.01. The van der Waals surface area contributed by atoms with Gasteiger partial charge in [-0.2, -0.15) is 5.26 Å². The molecule has 0 aliphatic heterocycles. The van der Waals surface area contributed by atoms with Crippen molar-refractivity contribution in [2.75, 3.05) is 0 Å². The van der Waals surface area contributed by atoms with Gasteiger partial charge in [-0.3, -0.25) is 4.40 Å². The molecule has 2 rings (SSSR count). The number of hydrogen-bond acceptors (Lipinski definition) is 3. The quantitative estimate of drug-likeness (QED) is 0.719. The van der Waals surface area contributed by atoms with E-state index in [1.54, 1.807) is 24.4 Å². The fourth-order valence-corrected chi connectivity index (χ4v) is 1.27. The number of fused-ring (bicyclic) bond motifs is 1. The number of hydrogen-bond donors (Lipinski definition) is 1. The summed E-state index contributed by atoms with van der Waals surface area (Å²) in [5.74, 6) is -1.29. The monoisotopic (exact) mass is 187 g/mol. The highest BCUT2D eigenvalue weighted by Gasteiger charge is 2.14. The van der Waals surface area contributed by atoms with Gasteiger partial charge in [-0.15, -0.1) is 0 Å². The molecule has 0 aromatic carbocycles. The van der Waals surface area contributed by atoms with Crippen LogP contribution in [0.5, 0.6) is 0 Å². The Kier molecular flexibility index (Phi) is 1.68. The first-order chi connectivity index (χ1) is 6.74. The first-order valence-corrected chi connectivity index (χ1v) is 3.84. The topological polar surface area (TPSA) is 78.4 Å². The Morgan fingerprint density at radius 2 is 2.36 bits per heavy atom. The van der Waals surface area contributed by atoms with E-state index in [0.717, 1.165) is 0 Å². The van der Waals surface area contributed by atoms with E-state index in [1.165, 1.54) is 4.40 Å². The third-order valence-corrected chi connectivity index (χ3v) is 1.85. The molecular weight excluding hydrogens is 182 g/mol. The van der Waals surface area contributed by atoms with Gasteiger partial charge in [0.2, 0.25) is 5.82 Å². The van der Waals surface area contributed by atoms with Crippen LogP contribution in [0.2, 0.25) is 0 Å². The van der Waals surface area contributed by atoms with Crippen LogP contribution in [-0.4, -0.2) is 20.5 Å².